The molecular weight excluding hydrogens is 368 g/mol. The first-order chi connectivity index (χ1) is 10.6. The van der Waals surface area contributed by atoms with Crippen molar-refractivity contribution in [2.75, 3.05) is 5.32 Å². The zero-order valence-corrected chi connectivity index (χ0v) is 13.5. The highest BCUT2D eigenvalue weighted by Gasteiger charge is 2.11. The fourth-order valence-corrected chi connectivity index (χ4v) is 2.47. The Morgan fingerprint density at radius 1 is 1.18 bits per heavy atom. The molecule has 110 valence electrons. The number of nitrogens with zero attached hydrogens (tertiary/aromatic N) is 3. The van der Waals surface area contributed by atoms with Crippen LogP contribution in [-0.4, -0.2) is 20.7 Å². The summed E-state index contributed by atoms with van der Waals surface area (Å²) in [5.74, 6) is -0.264. The molecule has 0 bridgehead atoms. The first-order valence-electron chi connectivity index (χ1n) is 6.35. The van der Waals surface area contributed by atoms with Gasteiger partial charge < -0.3 is 5.32 Å². The molecule has 1 aromatic heterocycles. The Hall–Kier alpha value is -2.18. The second-order valence-corrected chi connectivity index (χ2v) is 5.79. The lowest BCUT2D eigenvalue weighted by molar-refractivity contribution is 0.102. The lowest BCUT2D eigenvalue weighted by atomic mass is 10.2. The Balaban J connectivity index is 1.78. The number of amides is 1. The second kappa shape index (κ2) is 6.29. The number of aromatic nitrogens is 3. The van der Waals surface area contributed by atoms with Crippen LogP contribution in [0, 0.1) is 0 Å². The van der Waals surface area contributed by atoms with Gasteiger partial charge in [0.2, 0.25) is 0 Å². The van der Waals surface area contributed by atoms with E-state index in [1.165, 1.54) is 6.33 Å². The third-order valence-corrected chi connectivity index (χ3v) is 3.80. The number of benzene rings is 2. The van der Waals surface area contributed by atoms with E-state index >= 15 is 0 Å². The van der Waals surface area contributed by atoms with Crippen LogP contribution in [0.15, 0.2) is 59.6 Å². The Kier molecular flexibility index (Phi) is 4.22. The average Bonchev–Trinajstić information content (AvgIpc) is 3.05. The van der Waals surface area contributed by atoms with Crippen molar-refractivity contribution in [2.24, 2.45) is 0 Å². The van der Waals surface area contributed by atoms with Gasteiger partial charge in [0.25, 0.3) is 5.91 Å². The maximum absolute atomic E-state index is 12.3. The van der Waals surface area contributed by atoms with E-state index in [9.17, 15) is 4.79 Å². The van der Waals surface area contributed by atoms with Gasteiger partial charge in [-0.25, -0.2) is 9.67 Å². The molecule has 0 aliphatic rings. The number of nitrogens with one attached hydrogen (secondary N) is 1. The van der Waals surface area contributed by atoms with Gasteiger partial charge in [-0.2, -0.15) is 5.10 Å². The summed E-state index contributed by atoms with van der Waals surface area (Å²) in [4.78, 5) is 16.1. The molecule has 1 heterocycles. The van der Waals surface area contributed by atoms with Crippen LogP contribution in [0.25, 0.3) is 5.69 Å². The summed E-state index contributed by atoms with van der Waals surface area (Å²) >= 11 is 9.38. The fraction of sp³-hybridized carbons (Fsp3) is 0. The summed E-state index contributed by atoms with van der Waals surface area (Å²) in [5.41, 5.74) is 1.94. The first-order valence-corrected chi connectivity index (χ1v) is 7.52. The predicted octanol–water partition coefficient (Wildman–Crippen LogP) is 3.94. The standard InChI is InChI=1S/C15H10BrClN4O/c16-10-1-6-14(17)13(7-10)15(22)20-11-2-4-12(5-3-11)21-9-18-8-19-21/h1-9H,(H,20,22). The molecule has 2 aromatic carbocycles. The zero-order valence-electron chi connectivity index (χ0n) is 11.2. The molecule has 0 aliphatic carbocycles. The summed E-state index contributed by atoms with van der Waals surface area (Å²) in [6.45, 7) is 0. The summed E-state index contributed by atoms with van der Waals surface area (Å²) in [5, 5.41) is 7.25. The summed E-state index contributed by atoms with van der Waals surface area (Å²) in [6, 6.07) is 12.4. The van der Waals surface area contributed by atoms with E-state index in [-0.39, 0.29) is 5.91 Å². The quantitative estimate of drug-likeness (QED) is 0.752. The van der Waals surface area contributed by atoms with Crippen molar-refractivity contribution >= 4 is 39.1 Å². The minimum atomic E-state index is -0.264. The highest BCUT2D eigenvalue weighted by Crippen LogP contribution is 2.22. The minimum Gasteiger partial charge on any atom is -0.322 e. The molecule has 0 saturated carbocycles. The maximum Gasteiger partial charge on any atom is 0.257 e. The van der Waals surface area contributed by atoms with Crippen molar-refractivity contribution in [3.05, 3.63) is 70.2 Å². The van der Waals surface area contributed by atoms with Crippen molar-refractivity contribution < 1.29 is 4.79 Å². The number of hydrogen-bond donors (Lipinski definition) is 1. The van der Waals surface area contributed by atoms with Crippen molar-refractivity contribution in [1.82, 2.24) is 14.8 Å². The zero-order chi connectivity index (χ0) is 15.5. The largest absolute Gasteiger partial charge is 0.322 e. The molecule has 7 heteroatoms. The van der Waals surface area contributed by atoms with Gasteiger partial charge in [-0.15, -0.1) is 0 Å². The van der Waals surface area contributed by atoms with Crippen LogP contribution in [0.2, 0.25) is 5.02 Å². The SMILES string of the molecule is O=C(Nc1ccc(-n2cncn2)cc1)c1cc(Br)ccc1Cl. The van der Waals surface area contributed by atoms with Crippen LogP contribution >= 0.6 is 27.5 Å². The number of carbonyl (C=O) groups excluding carboxylic acids is 1. The molecule has 0 spiro atoms. The molecule has 0 atom stereocenters. The van der Waals surface area contributed by atoms with Crippen molar-refractivity contribution in [3.8, 4) is 5.69 Å². The van der Waals surface area contributed by atoms with Crippen molar-refractivity contribution in [1.29, 1.82) is 0 Å². The number of halogens is 2. The Morgan fingerprint density at radius 2 is 1.95 bits per heavy atom. The lowest BCUT2D eigenvalue weighted by Crippen LogP contribution is -2.12. The van der Waals surface area contributed by atoms with E-state index in [2.05, 4.69) is 31.3 Å². The third kappa shape index (κ3) is 3.18. The van der Waals surface area contributed by atoms with Gasteiger partial charge in [0.15, 0.2) is 0 Å². The Morgan fingerprint density at radius 3 is 2.64 bits per heavy atom. The van der Waals surface area contributed by atoms with E-state index < -0.39 is 0 Å². The van der Waals surface area contributed by atoms with E-state index in [1.807, 2.05) is 12.1 Å². The van der Waals surface area contributed by atoms with Crippen LogP contribution < -0.4 is 5.32 Å². The Labute approximate surface area is 140 Å². The van der Waals surface area contributed by atoms with Gasteiger partial charge in [-0.05, 0) is 42.5 Å². The van der Waals surface area contributed by atoms with Crippen LogP contribution in [0.3, 0.4) is 0 Å². The monoisotopic (exact) mass is 376 g/mol. The first kappa shape index (κ1) is 14.7. The molecule has 1 amide bonds. The second-order valence-electron chi connectivity index (χ2n) is 4.47. The number of anilines is 1. The Bertz CT molecular complexity index is 803. The van der Waals surface area contributed by atoms with Crippen molar-refractivity contribution in [3.63, 3.8) is 0 Å². The highest BCUT2D eigenvalue weighted by molar-refractivity contribution is 9.10. The lowest BCUT2D eigenvalue weighted by Gasteiger charge is -2.08. The third-order valence-electron chi connectivity index (χ3n) is 2.98. The average molecular weight is 378 g/mol. The molecule has 5 nitrogen and oxygen atoms in total. The van der Waals surface area contributed by atoms with E-state index in [0.29, 0.717) is 16.3 Å². The predicted molar refractivity (Wildman–Crippen MR) is 88.5 cm³/mol. The van der Waals surface area contributed by atoms with Gasteiger partial charge in [-0.3, -0.25) is 4.79 Å². The van der Waals surface area contributed by atoms with Gasteiger partial charge in [0, 0.05) is 10.2 Å². The van der Waals surface area contributed by atoms with Crippen molar-refractivity contribution in [2.45, 2.75) is 0 Å². The van der Waals surface area contributed by atoms with Gasteiger partial charge in [-0.1, -0.05) is 27.5 Å². The summed E-state index contributed by atoms with van der Waals surface area (Å²) in [7, 11) is 0. The highest BCUT2D eigenvalue weighted by atomic mass is 79.9. The molecule has 0 radical (unpaired) electrons. The molecule has 0 unspecified atom stereocenters. The summed E-state index contributed by atoms with van der Waals surface area (Å²) in [6.07, 6.45) is 3.07. The number of rotatable bonds is 3. The fourth-order valence-electron chi connectivity index (χ4n) is 1.91. The number of carbonyl (C=O) groups is 1. The molecule has 1 N–H and O–H groups in total. The molecule has 3 aromatic rings. The molecule has 0 fully saturated rings. The van der Waals surface area contributed by atoms with E-state index in [0.717, 1.165) is 10.2 Å². The number of hydrogen-bond acceptors (Lipinski definition) is 3. The van der Waals surface area contributed by atoms with E-state index in [4.69, 9.17) is 11.6 Å². The molecule has 22 heavy (non-hydrogen) atoms. The van der Waals surface area contributed by atoms with Crippen LogP contribution in [0.4, 0.5) is 5.69 Å². The van der Waals surface area contributed by atoms with Crippen LogP contribution in [0.1, 0.15) is 10.4 Å². The molecule has 0 saturated heterocycles. The van der Waals surface area contributed by atoms with Gasteiger partial charge in [0.1, 0.15) is 12.7 Å². The molecule has 0 aliphatic heterocycles. The van der Waals surface area contributed by atoms with Gasteiger partial charge in [0.05, 0.1) is 16.3 Å². The van der Waals surface area contributed by atoms with Crippen LogP contribution in [-0.2, 0) is 0 Å². The minimum absolute atomic E-state index is 0.264. The normalized spacial score (nSPS) is 10.5. The van der Waals surface area contributed by atoms with Gasteiger partial charge >= 0.3 is 0 Å². The van der Waals surface area contributed by atoms with E-state index in [1.54, 1.807) is 41.3 Å². The maximum atomic E-state index is 12.3. The molecule has 3 rings (SSSR count). The topological polar surface area (TPSA) is 59.8 Å². The molecular formula is C15H10BrClN4O. The van der Waals surface area contributed by atoms with Crippen LogP contribution in [0.5, 0.6) is 0 Å². The smallest absolute Gasteiger partial charge is 0.257 e. The summed E-state index contributed by atoms with van der Waals surface area (Å²) < 4.78 is 2.43.